The van der Waals surface area contributed by atoms with Crippen molar-refractivity contribution in [2.75, 3.05) is 10.6 Å². The van der Waals surface area contributed by atoms with Crippen LogP contribution in [0.25, 0.3) is 0 Å². The molecule has 2 amide bonds. The summed E-state index contributed by atoms with van der Waals surface area (Å²) in [5.74, 6) is -2.34. The number of hydrogen-bond acceptors (Lipinski definition) is 6. The Kier molecular flexibility index (Phi) is 6.82. The van der Waals surface area contributed by atoms with Gasteiger partial charge in [0.05, 0.1) is 21.4 Å². The quantitative estimate of drug-likeness (QED) is 0.453. The normalized spacial score (nSPS) is 13.1. The predicted octanol–water partition coefficient (Wildman–Crippen LogP) is 2.20. The topological polar surface area (TPSA) is 167 Å². The Balaban J connectivity index is 3.39. The molecular formula is C14H18Cl2N2O8S2. The minimum atomic E-state index is -4.79. The zero-order chi connectivity index (χ0) is 22.3. The van der Waals surface area contributed by atoms with Gasteiger partial charge < -0.3 is 10.6 Å². The molecule has 1 aromatic carbocycles. The van der Waals surface area contributed by atoms with E-state index in [-0.39, 0.29) is 21.4 Å². The van der Waals surface area contributed by atoms with Crippen molar-refractivity contribution in [2.24, 2.45) is 0 Å². The third-order valence-electron chi connectivity index (χ3n) is 3.94. The van der Waals surface area contributed by atoms with E-state index < -0.39 is 41.5 Å². The Morgan fingerprint density at radius 1 is 0.786 bits per heavy atom. The highest BCUT2D eigenvalue weighted by atomic mass is 35.5. The van der Waals surface area contributed by atoms with Gasteiger partial charge in [-0.15, -0.1) is 0 Å². The maximum absolute atomic E-state index is 12.3. The van der Waals surface area contributed by atoms with E-state index in [1.165, 1.54) is 0 Å². The minimum Gasteiger partial charge on any atom is -0.323 e. The van der Waals surface area contributed by atoms with Gasteiger partial charge in [0.1, 0.15) is 0 Å². The Labute approximate surface area is 172 Å². The molecule has 0 bridgehead atoms. The molecule has 0 aliphatic heterocycles. The lowest BCUT2D eigenvalue weighted by Gasteiger charge is -2.23. The summed E-state index contributed by atoms with van der Waals surface area (Å²) in [7, 11) is -9.58. The summed E-state index contributed by atoms with van der Waals surface area (Å²) in [6.45, 7) is 3.76. The number of amides is 2. The molecule has 1 rings (SSSR count). The molecule has 0 aliphatic carbocycles. The van der Waals surface area contributed by atoms with Crippen molar-refractivity contribution in [3.05, 3.63) is 22.2 Å². The molecular weight excluding hydrogens is 459 g/mol. The maximum atomic E-state index is 12.3. The Hall–Kier alpha value is -1.44. The zero-order valence-electron chi connectivity index (χ0n) is 15.1. The molecule has 14 heteroatoms. The fraction of sp³-hybridized carbons (Fsp3) is 0.429. The predicted molar refractivity (Wildman–Crippen MR) is 105 cm³/mol. The number of hydrogen-bond donors (Lipinski definition) is 4. The number of rotatable bonds is 6. The molecule has 4 N–H and O–H groups in total. The smallest absolute Gasteiger partial charge is 0.279 e. The van der Waals surface area contributed by atoms with E-state index in [1.807, 2.05) is 0 Å². The molecule has 0 spiro atoms. The second-order valence-corrected chi connectivity index (χ2v) is 11.4. The fourth-order valence-electron chi connectivity index (χ4n) is 1.53. The lowest BCUT2D eigenvalue weighted by atomic mass is 10.1. The second kappa shape index (κ2) is 7.76. The first-order valence-electron chi connectivity index (χ1n) is 7.38. The summed E-state index contributed by atoms with van der Waals surface area (Å²) in [5, 5.41) is 4.20. The van der Waals surface area contributed by atoms with Crippen LogP contribution in [0.4, 0.5) is 11.4 Å². The van der Waals surface area contributed by atoms with Crippen LogP contribution < -0.4 is 10.6 Å². The summed E-state index contributed by atoms with van der Waals surface area (Å²) in [6, 6.07) is 2.16. The van der Waals surface area contributed by atoms with Crippen molar-refractivity contribution in [3.8, 4) is 0 Å². The minimum absolute atomic E-state index is 0.0753. The molecule has 28 heavy (non-hydrogen) atoms. The van der Waals surface area contributed by atoms with Gasteiger partial charge in [0.2, 0.25) is 11.8 Å². The highest BCUT2D eigenvalue weighted by Gasteiger charge is 2.42. The van der Waals surface area contributed by atoms with Crippen molar-refractivity contribution in [2.45, 2.75) is 37.2 Å². The van der Waals surface area contributed by atoms with Crippen molar-refractivity contribution >= 4 is 66.6 Å². The molecule has 0 saturated heterocycles. The average molecular weight is 477 g/mol. The van der Waals surface area contributed by atoms with E-state index in [9.17, 15) is 35.5 Å². The van der Waals surface area contributed by atoms with Gasteiger partial charge in [-0.05, 0) is 39.8 Å². The number of benzene rings is 1. The molecule has 0 aliphatic rings. The van der Waals surface area contributed by atoms with Gasteiger partial charge in [0.25, 0.3) is 20.2 Å². The molecule has 0 heterocycles. The molecule has 0 aromatic heterocycles. The monoisotopic (exact) mass is 476 g/mol. The average Bonchev–Trinajstić information content (AvgIpc) is 2.49. The lowest BCUT2D eigenvalue weighted by Crippen LogP contribution is -2.45. The van der Waals surface area contributed by atoms with Gasteiger partial charge >= 0.3 is 0 Å². The lowest BCUT2D eigenvalue weighted by molar-refractivity contribution is -0.119. The molecule has 0 unspecified atom stereocenters. The number of halogens is 2. The zero-order valence-corrected chi connectivity index (χ0v) is 18.2. The first kappa shape index (κ1) is 24.6. The number of nitrogens with one attached hydrogen (secondary N) is 2. The van der Waals surface area contributed by atoms with Crippen LogP contribution in [-0.4, -0.2) is 47.2 Å². The Morgan fingerprint density at radius 3 is 1.25 bits per heavy atom. The number of carbonyl (C=O) groups is 2. The van der Waals surface area contributed by atoms with E-state index in [1.54, 1.807) is 0 Å². The molecule has 10 nitrogen and oxygen atoms in total. The SMILES string of the molecule is CC(C)(C(=O)Nc1cc(Cl)c(Cl)cc1NC(=O)C(C)(C)S(=O)(=O)O)S(=O)(=O)O. The highest BCUT2D eigenvalue weighted by Crippen LogP contribution is 2.34. The molecule has 0 atom stereocenters. The fourth-order valence-corrected chi connectivity index (χ4v) is 2.43. The van der Waals surface area contributed by atoms with E-state index in [4.69, 9.17) is 23.2 Å². The second-order valence-electron chi connectivity index (χ2n) is 6.69. The highest BCUT2D eigenvalue weighted by molar-refractivity contribution is 7.88. The van der Waals surface area contributed by atoms with Crippen LogP contribution in [0.3, 0.4) is 0 Å². The van der Waals surface area contributed by atoms with Crippen molar-refractivity contribution in [3.63, 3.8) is 0 Å². The molecule has 0 saturated carbocycles. The van der Waals surface area contributed by atoms with Crippen LogP contribution in [-0.2, 0) is 29.8 Å². The van der Waals surface area contributed by atoms with Crippen molar-refractivity contribution in [1.82, 2.24) is 0 Å². The standard InChI is InChI=1S/C14H18Cl2N2O8S2/c1-13(2,27(21,22)23)11(19)17-9-5-7(15)8(16)6-10(9)18-12(20)14(3,4)28(24,25)26/h5-6H,1-4H3,(H,17,19)(H,18,20)(H,21,22,23)(H,24,25,26). The summed E-state index contributed by atoms with van der Waals surface area (Å²) in [4.78, 5) is 24.6. The van der Waals surface area contributed by atoms with Gasteiger partial charge in [0.15, 0.2) is 9.49 Å². The maximum Gasteiger partial charge on any atom is 0.279 e. The molecule has 0 radical (unpaired) electrons. The molecule has 158 valence electrons. The van der Waals surface area contributed by atoms with Crippen LogP contribution in [0.2, 0.25) is 10.0 Å². The van der Waals surface area contributed by atoms with Crippen LogP contribution in [0, 0.1) is 0 Å². The summed E-state index contributed by atoms with van der Waals surface area (Å²) in [5.41, 5.74) is -0.453. The van der Waals surface area contributed by atoms with E-state index in [0.717, 1.165) is 39.8 Å². The Morgan fingerprint density at radius 2 is 1.04 bits per heavy atom. The summed E-state index contributed by atoms with van der Waals surface area (Å²) >= 11 is 11.7. The van der Waals surface area contributed by atoms with E-state index >= 15 is 0 Å². The number of carbonyl (C=O) groups excluding carboxylic acids is 2. The van der Waals surface area contributed by atoms with Gasteiger partial charge in [-0.25, -0.2) is 0 Å². The summed E-state index contributed by atoms with van der Waals surface area (Å²) in [6.07, 6.45) is 0. The van der Waals surface area contributed by atoms with Crippen LogP contribution >= 0.6 is 23.2 Å². The van der Waals surface area contributed by atoms with Crippen molar-refractivity contribution in [1.29, 1.82) is 0 Å². The van der Waals surface area contributed by atoms with Crippen LogP contribution in [0.5, 0.6) is 0 Å². The first-order chi connectivity index (χ1) is 12.3. The third-order valence-corrected chi connectivity index (χ3v) is 7.61. The number of anilines is 2. The van der Waals surface area contributed by atoms with Crippen molar-refractivity contribution < 1.29 is 35.5 Å². The van der Waals surface area contributed by atoms with Gasteiger partial charge in [-0.1, -0.05) is 23.2 Å². The van der Waals surface area contributed by atoms with Gasteiger partial charge in [-0.3, -0.25) is 18.7 Å². The van der Waals surface area contributed by atoms with E-state index in [0.29, 0.717) is 0 Å². The van der Waals surface area contributed by atoms with Gasteiger partial charge in [0, 0.05) is 0 Å². The first-order valence-corrected chi connectivity index (χ1v) is 11.0. The summed E-state index contributed by atoms with van der Waals surface area (Å²) < 4.78 is 59.5. The molecule has 1 aromatic rings. The third kappa shape index (κ3) is 4.93. The Bertz CT molecular complexity index is 951. The molecule has 0 fully saturated rings. The van der Waals surface area contributed by atoms with E-state index in [2.05, 4.69) is 10.6 Å². The largest absolute Gasteiger partial charge is 0.323 e. The van der Waals surface area contributed by atoms with Crippen LogP contribution in [0.15, 0.2) is 12.1 Å². The van der Waals surface area contributed by atoms with Gasteiger partial charge in [-0.2, -0.15) is 16.8 Å². The van der Waals surface area contributed by atoms with Crippen LogP contribution in [0.1, 0.15) is 27.7 Å².